The Morgan fingerprint density at radius 1 is 1.26 bits per heavy atom. The van der Waals surface area contributed by atoms with Gasteiger partial charge in [0.25, 0.3) is 0 Å². The molecule has 1 aliphatic carbocycles. The van der Waals surface area contributed by atoms with Gasteiger partial charge in [-0.05, 0) is 62.1 Å². The Morgan fingerprint density at radius 2 is 2.00 bits per heavy atom. The number of hydrogen-bond donors (Lipinski definition) is 0. The number of rotatable bonds is 5. The maximum absolute atomic E-state index is 13.5. The second kappa shape index (κ2) is 7.45. The van der Waals surface area contributed by atoms with Crippen molar-refractivity contribution < 1.29 is 22.5 Å². The van der Waals surface area contributed by atoms with Crippen LogP contribution < -0.4 is 0 Å². The molecule has 0 amide bonds. The van der Waals surface area contributed by atoms with Crippen molar-refractivity contribution in [1.82, 2.24) is 9.46 Å². The lowest BCUT2D eigenvalue weighted by Crippen LogP contribution is -2.37. The summed E-state index contributed by atoms with van der Waals surface area (Å²) >= 11 is 0. The van der Waals surface area contributed by atoms with Crippen LogP contribution in [0.25, 0.3) is 0 Å². The molecule has 2 aliphatic rings. The number of fused-ring (bicyclic) bond motifs is 2. The summed E-state index contributed by atoms with van der Waals surface area (Å²) in [6.07, 6.45) is 2.74. The van der Waals surface area contributed by atoms with Gasteiger partial charge in [0.15, 0.2) is 0 Å². The fraction of sp³-hybridized carbons (Fsp3) is 0.565. The number of nitrogens with zero attached hydrogens (tertiary/aromatic N) is 2. The molecule has 2 fully saturated rings. The van der Waals surface area contributed by atoms with E-state index in [9.17, 15) is 13.2 Å². The van der Waals surface area contributed by atoms with E-state index in [1.165, 1.54) is 6.07 Å². The average molecular weight is 447 g/mol. The Labute approximate surface area is 183 Å². The molecular formula is C23H30N2O5S. The highest BCUT2D eigenvalue weighted by Gasteiger charge is 2.53. The van der Waals surface area contributed by atoms with Crippen LogP contribution in [0, 0.1) is 24.7 Å². The molecule has 168 valence electrons. The van der Waals surface area contributed by atoms with Gasteiger partial charge in [-0.1, -0.05) is 32.0 Å². The molecule has 7 nitrogen and oxygen atoms in total. The molecular weight excluding hydrogens is 416 g/mol. The van der Waals surface area contributed by atoms with Crippen molar-refractivity contribution in [2.45, 2.75) is 71.4 Å². The van der Waals surface area contributed by atoms with E-state index in [0.29, 0.717) is 18.0 Å². The third kappa shape index (κ3) is 4.15. The molecule has 2 bridgehead atoms. The number of carbonyl (C=O) groups is 1. The van der Waals surface area contributed by atoms with Gasteiger partial charge in [0, 0.05) is 12.6 Å². The summed E-state index contributed by atoms with van der Waals surface area (Å²) in [5.41, 5.74) is 1.70. The summed E-state index contributed by atoms with van der Waals surface area (Å²) in [5.74, 6) is 0.0171. The smallest absolute Gasteiger partial charge is 0.338 e. The standard InChI is InChI=1S/C23H30N2O5S/c1-15-20(16(2)30-24-15)12-29-21(26)17-7-6-8-19(9-17)31(27,28)25-14-23(5)11-18(25)10-22(3,4)13-23/h6-9,18H,10-14H2,1-5H3/t18-,23-/m1/s1. The van der Waals surface area contributed by atoms with Crippen molar-refractivity contribution in [2.24, 2.45) is 10.8 Å². The lowest BCUT2D eigenvalue weighted by atomic mass is 9.65. The van der Waals surface area contributed by atoms with Gasteiger partial charge in [-0.2, -0.15) is 4.31 Å². The van der Waals surface area contributed by atoms with Gasteiger partial charge < -0.3 is 9.26 Å². The number of esters is 1. The summed E-state index contributed by atoms with van der Waals surface area (Å²) in [4.78, 5) is 12.7. The fourth-order valence-electron chi connectivity index (χ4n) is 5.54. The van der Waals surface area contributed by atoms with Crippen LogP contribution in [0.15, 0.2) is 33.7 Å². The Bertz CT molecular complexity index is 1100. The van der Waals surface area contributed by atoms with Crippen LogP contribution in [0.5, 0.6) is 0 Å². The number of aryl methyl sites for hydroxylation is 2. The molecule has 1 aromatic heterocycles. The molecule has 1 aromatic carbocycles. The third-order valence-corrected chi connectivity index (χ3v) is 8.47. The Balaban J connectivity index is 1.54. The number of sulfonamides is 1. The first-order valence-corrected chi connectivity index (χ1v) is 12.1. The van der Waals surface area contributed by atoms with Gasteiger partial charge in [-0.3, -0.25) is 0 Å². The zero-order valence-electron chi connectivity index (χ0n) is 18.8. The number of ether oxygens (including phenoxy) is 1. The molecule has 1 saturated carbocycles. The lowest BCUT2D eigenvalue weighted by Gasteiger charge is -2.39. The van der Waals surface area contributed by atoms with Crippen LogP contribution in [-0.2, 0) is 21.4 Å². The number of benzene rings is 1. The van der Waals surface area contributed by atoms with Crippen molar-refractivity contribution in [3.63, 3.8) is 0 Å². The summed E-state index contributed by atoms with van der Waals surface area (Å²) in [6, 6.07) is 6.12. The van der Waals surface area contributed by atoms with Gasteiger partial charge >= 0.3 is 5.97 Å². The van der Waals surface area contributed by atoms with Crippen LogP contribution in [-0.4, -0.2) is 36.4 Å². The molecule has 0 spiro atoms. The van der Waals surface area contributed by atoms with E-state index in [-0.39, 0.29) is 33.9 Å². The lowest BCUT2D eigenvalue weighted by molar-refractivity contribution is 0.0470. The highest BCUT2D eigenvalue weighted by Crippen LogP contribution is 2.53. The second-order valence-corrected chi connectivity index (χ2v) is 12.1. The molecule has 2 atom stereocenters. The van der Waals surface area contributed by atoms with E-state index in [0.717, 1.165) is 24.8 Å². The second-order valence-electron chi connectivity index (χ2n) is 10.2. The largest absolute Gasteiger partial charge is 0.457 e. The summed E-state index contributed by atoms with van der Waals surface area (Å²) in [7, 11) is -3.71. The molecule has 1 aliphatic heterocycles. The Hall–Kier alpha value is -2.19. The predicted octanol–water partition coefficient (Wildman–Crippen LogP) is 4.24. The highest BCUT2D eigenvalue weighted by molar-refractivity contribution is 7.89. The monoisotopic (exact) mass is 446 g/mol. The summed E-state index contributed by atoms with van der Waals surface area (Å²) < 4.78 is 39.1. The zero-order valence-corrected chi connectivity index (χ0v) is 19.6. The average Bonchev–Trinajstić information content (AvgIpc) is 3.14. The van der Waals surface area contributed by atoms with E-state index in [1.54, 1.807) is 36.4 Å². The zero-order chi connectivity index (χ0) is 22.6. The molecule has 0 unspecified atom stereocenters. The normalized spacial score (nSPS) is 25.5. The third-order valence-electron chi connectivity index (χ3n) is 6.57. The van der Waals surface area contributed by atoms with E-state index >= 15 is 0 Å². The van der Waals surface area contributed by atoms with Gasteiger partial charge in [0.05, 0.1) is 21.7 Å². The van der Waals surface area contributed by atoms with Gasteiger partial charge in [-0.15, -0.1) is 0 Å². The molecule has 2 aromatic rings. The maximum Gasteiger partial charge on any atom is 0.338 e. The van der Waals surface area contributed by atoms with Crippen molar-refractivity contribution >= 4 is 16.0 Å². The number of carbonyl (C=O) groups excluding carboxylic acids is 1. The first-order chi connectivity index (χ1) is 14.4. The maximum atomic E-state index is 13.5. The highest BCUT2D eigenvalue weighted by atomic mass is 32.2. The molecule has 0 N–H and O–H groups in total. The first kappa shape index (κ1) is 22.0. The van der Waals surface area contributed by atoms with E-state index in [1.807, 2.05) is 0 Å². The quantitative estimate of drug-likeness (QED) is 0.638. The minimum absolute atomic E-state index is 0.00565. The number of aromatic nitrogens is 1. The first-order valence-electron chi connectivity index (χ1n) is 10.6. The number of hydrogen-bond acceptors (Lipinski definition) is 6. The molecule has 1 saturated heterocycles. The van der Waals surface area contributed by atoms with E-state index in [2.05, 4.69) is 25.9 Å². The van der Waals surface area contributed by atoms with Crippen LogP contribution in [0.1, 0.15) is 67.4 Å². The van der Waals surface area contributed by atoms with Crippen LogP contribution in [0.3, 0.4) is 0 Å². The van der Waals surface area contributed by atoms with Crippen molar-refractivity contribution in [2.75, 3.05) is 6.54 Å². The van der Waals surface area contributed by atoms with Gasteiger partial charge in [0.2, 0.25) is 10.0 Å². The Kier molecular flexibility index (Phi) is 5.29. The van der Waals surface area contributed by atoms with Gasteiger partial charge in [0.1, 0.15) is 12.4 Å². The summed E-state index contributed by atoms with van der Waals surface area (Å²) in [6.45, 7) is 10.7. The van der Waals surface area contributed by atoms with E-state index in [4.69, 9.17) is 9.26 Å². The van der Waals surface area contributed by atoms with E-state index < -0.39 is 16.0 Å². The topological polar surface area (TPSA) is 89.7 Å². The van der Waals surface area contributed by atoms with Crippen molar-refractivity contribution in [3.05, 3.63) is 46.8 Å². The Morgan fingerprint density at radius 3 is 2.68 bits per heavy atom. The predicted molar refractivity (Wildman–Crippen MR) is 115 cm³/mol. The fourth-order valence-corrected chi connectivity index (χ4v) is 7.36. The minimum atomic E-state index is -3.71. The molecule has 2 heterocycles. The van der Waals surface area contributed by atoms with Crippen molar-refractivity contribution in [1.29, 1.82) is 0 Å². The van der Waals surface area contributed by atoms with Crippen molar-refractivity contribution in [3.8, 4) is 0 Å². The molecule has 8 heteroatoms. The molecule has 0 radical (unpaired) electrons. The summed E-state index contributed by atoms with van der Waals surface area (Å²) in [5, 5.41) is 3.85. The van der Waals surface area contributed by atoms with Crippen LogP contribution in [0.2, 0.25) is 0 Å². The molecule has 31 heavy (non-hydrogen) atoms. The van der Waals surface area contributed by atoms with Crippen LogP contribution in [0.4, 0.5) is 0 Å². The van der Waals surface area contributed by atoms with Crippen LogP contribution >= 0.6 is 0 Å². The van der Waals surface area contributed by atoms with Gasteiger partial charge in [-0.25, -0.2) is 13.2 Å². The SMILES string of the molecule is Cc1noc(C)c1COC(=O)c1cccc(S(=O)(=O)N2C[C@]3(C)C[C@H]2CC(C)(C)C3)c1. The minimum Gasteiger partial charge on any atom is -0.457 e. The molecule has 4 rings (SSSR count).